The summed E-state index contributed by atoms with van der Waals surface area (Å²) in [6.45, 7) is 1.07. The van der Waals surface area contributed by atoms with Gasteiger partial charge in [-0.3, -0.25) is 4.68 Å². The van der Waals surface area contributed by atoms with Gasteiger partial charge in [0.1, 0.15) is 0 Å². The van der Waals surface area contributed by atoms with Gasteiger partial charge in [0.15, 0.2) is 0 Å². The SMILES string of the molecule is COCCn1ncc(Cl)c1C(N)c1cc(Cl)ccc1Cl. The Morgan fingerprint density at radius 3 is 2.75 bits per heavy atom. The zero-order valence-corrected chi connectivity index (χ0v) is 13.1. The molecule has 0 bridgehead atoms. The first kappa shape index (κ1) is 15.6. The minimum Gasteiger partial charge on any atom is -0.383 e. The van der Waals surface area contributed by atoms with Gasteiger partial charge in [-0.15, -0.1) is 0 Å². The van der Waals surface area contributed by atoms with E-state index in [0.717, 1.165) is 0 Å². The molecular formula is C13H14Cl3N3O. The Balaban J connectivity index is 2.39. The first-order chi connectivity index (χ1) is 9.54. The van der Waals surface area contributed by atoms with Crippen molar-refractivity contribution in [2.45, 2.75) is 12.6 Å². The molecule has 4 nitrogen and oxygen atoms in total. The summed E-state index contributed by atoms with van der Waals surface area (Å²) < 4.78 is 6.76. The Bertz CT molecular complexity index is 601. The highest BCUT2D eigenvalue weighted by molar-refractivity contribution is 6.34. The molecule has 2 rings (SSSR count). The number of hydrogen-bond acceptors (Lipinski definition) is 3. The number of nitrogens with two attached hydrogens (primary N) is 1. The van der Waals surface area contributed by atoms with Gasteiger partial charge in [-0.1, -0.05) is 34.8 Å². The second-order valence-electron chi connectivity index (χ2n) is 4.24. The second kappa shape index (κ2) is 6.78. The largest absolute Gasteiger partial charge is 0.383 e. The average molecular weight is 335 g/mol. The van der Waals surface area contributed by atoms with Gasteiger partial charge in [0.25, 0.3) is 0 Å². The maximum absolute atomic E-state index is 6.27. The lowest BCUT2D eigenvalue weighted by molar-refractivity contribution is 0.182. The van der Waals surface area contributed by atoms with Crippen LogP contribution in [0.25, 0.3) is 0 Å². The molecule has 1 aromatic carbocycles. The van der Waals surface area contributed by atoms with Crippen molar-refractivity contribution >= 4 is 34.8 Å². The van der Waals surface area contributed by atoms with Crippen molar-refractivity contribution in [3.8, 4) is 0 Å². The number of rotatable bonds is 5. The normalized spacial score (nSPS) is 12.7. The molecule has 0 saturated heterocycles. The van der Waals surface area contributed by atoms with Crippen LogP contribution in [0.3, 0.4) is 0 Å². The molecule has 0 aliphatic carbocycles. The van der Waals surface area contributed by atoms with Crippen LogP contribution in [0.1, 0.15) is 17.3 Å². The van der Waals surface area contributed by atoms with E-state index in [1.54, 1.807) is 36.2 Å². The third-order valence-electron chi connectivity index (χ3n) is 2.93. The number of hydrogen-bond donors (Lipinski definition) is 1. The number of nitrogens with zero attached hydrogens (tertiary/aromatic N) is 2. The molecule has 0 radical (unpaired) electrons. The van der Waals surface area contributed by atoms with E-state index in [4.69, 9.17) is 45.3 Å². The molecule has 1 aromatic heterocycles. The van der Waals surface area contributed by atoms with E-state index in [2.05, 4.69) is 5.10 Å². The first-order valence-electron chi connectivity index (χ1n) is 5.95. The van der Waals surface area contributed by atoms with Crippen molar-refractivity contribution < 1.29 is 4.74 Å². The smallest absolute Gasteiger partial charge is 0.0837 e. The van der Waals surface area contributed by atoms with Gasteiger partial charge in [0.05, 0.1) is 36.1 Å². The molecule has 1 unspecified atom stereocenters. The summed E-state index contributed by atoms with van der Waals surface area (Å²) in [5, 5.41) is 5.80. The number of methoxy groups -OCH3 is 1. The van der Waals surface area contributed by atoms with Gasteiger partial charge in [0, 0.05) is 17.2 Å². The van der Waals surface area contributed by atoms with E-state index in [0.29, 0.717) is 39.5 Å². The summed E-state index contributed by atoms with van der Waals surface area (Å²) in [6.07, 6.45) is 1.56. The van der Waals surface area contributed by atoms with Crippen LogP contribution in [0.15, 0.2) is 24.4 Å². The summed E-state index contributed by atoms with van der Waals surface area (Å²) in [5.41, 5.74) is 7.67. The van der Waals surface area contributed by atoms with Crippen molar-refractivity contribution in [2.24, 2.45) is 5.73 Å². The van der Waals surface area contributed by atoms with Gasteiger partial charge >= 0.3 is 0 Å². The minimum atomic E-state index is -0.506. The highest BCUT2D eigenvalue weighted by Crippen LogP contribution is 2.32. The maximum Gasteiger partial charge on any atom is 0.0837 e. The van der Waals surface area contributed by atoms with Crippen LogP contribution >= 0.6 is 34.8 Å². The summed E-state index contributed by atoms with van der Waals surface area (Å²) in [6, 6.07) is 4.65. The molecule has 1 heterocycles. The summed E-state index contributed by atoms with van der Waals surface area (Å²) in [5.74, 6) is 0. The maximum atomic E-state index is 6.27. The van der Waals surface area contributed by atoms with Crippen molar-refractivity contribution in [1.29, 1.82) is 0 Å². The summed E-state index contributed by atoms with van der Waals surface area (Å²) in [4.78, 5) is 0. The monoisotopic (exact) mass is 333 g/mol. The number of aromatic nitrogens is 2. The minimum absolute atomic E-state index is 0.490. The molecule has 0 saturated carbocycles. The molecule has 2 aromatic rings. The van der Waals surface area contributed by atoms with E-state index in [1.165, 1.54) is 0 Å². The zero-order valence-electron chi connectivity index (χ0n) is 10.8. The van der Waals surface area contributed by atoms with Crippen molar-refractivity contribution in [1.82, 2.24) is 9.78 Å². The van der Waals surface area contributed by atoms with Crippen LogP contribution in [0.5, 0.6) is 0 Å². The zero-order chi connectivity index (χ0) is 14.7. The summed E-state index contributed by atoms with van der Waals surface area (Å²) >= 11 is 18.4. The first-order valence-corrected chi connectivity index (χ1v) is 7.08. The van der Waals surface area contributed by atoms with Gasteiger partial charge in [-0.25, -0.2) is 0 Å². The van der Waals surface area contributed by atoms with Crippen LogP contribution in [0.4, 0.5) is 0 Å². The van der Waals surface area contributed by atoms with Gasteiger partial charge in [-0.05, 0) is 23.8 Å². The fourth-order valence-electron chi connectivity index (χ4n) is 1.94. The van der Waals surface area contributed by atoms with Gasteiger partial charge in [-0.2, -0.15) is 5.10 Å². The summed E-state index contributed by atoms with van der Waals surface area (Å²) in [7, 11) is 1.62. The van der Waals surface area contributed by atoms with Crippen molar-refractivity contribution in [3.63, 3.8) is 0 Å². The standard InChI is InChI=1S/C13H14Cl3N3O/c1-20-5-4-19-13(11(16)7-18-19)12(17)9-6-8(14)2-3-10(9)15/h2-3,6-7,12H,4-5,17H2,1H3. The lowest BCUT2D eigenvalue weighted by Crippen LogP contribution is -2.19. The lowest BCUT2D eigenvalue weighted by Gasteiger charge is -2.17. The van der Waals surface area contributed by atoms with Crippen LogP contribution < -0.4 is 5.73 Å². The quantitative estimate of drug-likeness (QED) is 0.910. The van der Waals surface area contributed by atoms with Crippen LogP contribution in [0, 0.1) is 0 Å². The van der Waals surface area contributed by atoms with E-state index < -0.39 is 6.04 Å². The van der Waals surface area contributed by atoms with Crippen LogP contribution in [-0.4, -0.2) is 23.5 Å². The molecule has 0 spiro atoms. The molecular weight excluding hydrogens is 321 g/mol. The van der Waals surface area contributed by atoms with Crippen molar-refractivity contribution in [2.75, 3.05) is 13.7 Å². The van der Waals surface area contributed by atoms with Crippen LogP contribution in [0.2, 0.25) is 15.1 Å². The van der Waals surface area contributed by atoms with Crippen LogP contribution in [-0.2, 0) is 11.3 Å². The lowest BCUT2D eigenvalue weighted by atomic mass is 10.0. The highest BCUT2D eigenvalue weighted by Gasteiger charge is 2.21. The topological polar surface area (TPSA) is 53.1 Å². The molecule has 7 heteroatoms. The molecule has 0 aliphatic rings. The Morgan fingerprint density at radius 1 is 1.30 bits per heavy atom. The predicted molar refractivity (Wildman–Crippen MR) is 81.6 cm³/mol. The Labute approximate surface area is 132 Å². The van der Waals surface area contributed by atoms with E-state index in [9.17, 15) is 0 Å². The van der Waals surface area contributed by atoms with Crippen molar-refractivity contribution in [3.05, 3.63) is 50.7 Å². The average Bonchev–Trinajstić information content (AvgIpc) is 2.79. The predicted octanol–water partition coefficient (Wildman–Crippen LogP) is 3.54. The molecule has 1 atom stereocenters. The van der Waals surface area contributed by atoms with E-state index in [1.807, 2.05) is 0 Å². The highest BCUT2D eigenvalue weighted by atomic mass is 35.5. The Hall–Kier alpha value is -0.780. The fourth-order valence-corrected chi connectivity index (χ4v) is 2.61. The third-order valence-corrected chi connectivity index (χ3v) is 3.80. The number of halogens is 3. The third kappa shape index (κ3) is 3.27. The van der Waals surface area contributed by atoms with Gasteiger partial charge in [0.2, 0.25) is 0 Å². The van der Waals surface area contributed by atoms with E-state index in [-0.39, 0.29) is 0 Å². The Morgan fingerprint density at radius 2 is 2.05 bits per heavy atom. The Kier molecular flexibility index (Phi) is 5.29. The van der Waals surface area contributed by atoms with Gasteiger partial charge < -0.3 is 10.5 Å². The molecule has 0 fully saturated rings. The molecule has 0 aliphatic heterocycles. The molecule has 0 amide bonds. The molecule has 108 valence electrons. The second-order valence-corrected chi connectivity index (χ2v) is 5.49. The molecule has 2 N–H and O–H groups in total. The number of ether oxygens (including phenoxy) is 1. The molecule has 20 heavy (non-hydrogen) atoms. The number of benzene rings is 1. The van der Waals surface area contributed by atoms with E-state index >= 15 is 0 Å². The fraction of sp³-hybridized carbons (Fsp3) is 0.308.